The Morgan fingerprint density at radius 2 is 2.00 bits per heavy atom. The number of hydrogen-bond acceptors (Lipinski definition) is 4. The molecule has 5 nitrogen and oxygen atoms in total. The average Bonchev–Trinajstić information content (AvgIpc) is 1.99. The van der Waals surface area contributed by atoms with Crippen molar-refractivity contribution >= 4 is 12.3 Å². The zero-order chi connectivity index (χ0) is 12.1. The van der Waals surface area contributed by atoms with Gasteiger partial charge >= 0.3 is 6.09 Å². The van der Waals surface area contributed by atoms with E-state index in [1.54, 1.807) is 34.7 Å². The van der Waals surface area contributed by atoms with E-state index in [2.05, 4.69) is 10.3 Å². The van der Waals surface area contributed by atoms with Crippen molar-refractivity contribution in [1.82, 2.24) is 5.32 Å². The van der Waals surface area contributed by atoms with Gasteiger partial charge in [0.25, 0.3) is 0 Å². The first-order valence-electron chi connectivity index (χ1n) is 4.65. The molecule has 0 unspecified atom stereocenters. The number of ether oxygens (including phenoxy) is 1. The minimum atomic E-state index is -0.540. The molecule has 0 spiro atoms. The molecule has 0 saturated heterocycles. The number of alkyl carbamates (subject to hydrolysis) is 1. The minimum absolute atomic E-state index is 0.451. The Kier molecular flexibility index (Phi) is 4.84. The molecule has 0 fully saturated rings. The molecule has 0 rings (SSSR count). The number of amides is 1. The quantitative estimate of drug-likeness (QED) is 0.681. The predicted molar refractivity (Wildman–Crippen MR) is 60.7 cm³/mol. The van der Waals surface area contributed by atoms with Crippen LogP contribution in [-0.4, -0.2) is 25.0 Å². The molecule has 3 N–H and O–H groups in total. The third kappa shape index (κ3) is 6.54. The van der Waals surface area contributed by atoms with Crippen LogP contribution < -0.4 is 11.1 Å². The molecule has 1 amide bonds. The summed E-state index contributed by atoms with van der Waals surface area (Å²) in [6.45, 7) is 7.05. The van der Waals surface area contributed by atoms with Gasteiger partial charge in [0, 0.05) is 19.0 Å². The molecule has 0 bridgehead atoms. The largest absolute Gasteiger partial charge is 0.444 e. The highest BCUT2D eigenvalue weighted by atomic mass is 16.6. The van der Waals surface area contributed by atoms with Crippen LogP contribution in [-0.2, 0) is 4.74 Å². The van der Waals surface area contributed by atoms with Crippen LogP contribution in [0, 0.1) is 0 Å². The number of aliphatic imine (C=N–C) groups is 1. The fourth-order valence-electron chi connectivity index (χ4n) is 0.775. The number of hydrogen-bond donors (Lipinski definition) is 2. The summed E-state index contributed by atoms with van der Waals surface area (Å²) in [7, 11) is 1.60. The van der Waals surface area contributed by atoms with Crippen LogP contribution in [0.5, 0.6) is 0 Å². The van der Waals surface area contributed by atoms with Gasteiger partial charge in [-0.1, -0.05) is 0 Å². The highest BCUT2D eigenvalue weighted by molar-refractivity contribution is 5.85. The zero-order valence-corrected chi connectivity index (χ0v) is 9.92. The number of allylic oxidation sites excluding steroid dienone is 2. The van der Waals surface area contributed by atoms with E-state index < -0.39 is 11.7 Å². The summed E-state index contributed by atoms with van der Waals surface area (Å²) in [4.78, 5) is 15.1. The van der Waals surface area contributed by atoms with Gasteiger partial charge in [0.2, 0.25) is 0 Å². The van der Waals surface area contributed by atoms with Crippen LogP contribution >= 0.6 is 0 Å². The first-order valence-corrected chi connectivity index (χ1v) is 4.65. The molecule has 0 atom stereocenters. The molecule has 5 heteroatoms. The first-order chi connectivity index (χ1) is 6.76. The highest BCUT2D eigenvalue weighted by Crippen LogP contribution is 2.07. The van der Waals surface area contributed by atoms with Crippen molar-refractivity contribution in [2.45, 2.75) is 33.3 Å². The Balaban J connectivity index is 4.46. The van der Waals surface area contributed by atoms with Crippen LogP contribution in [0.15, 0.2) is 16.4 Å². The molecule has 86 valence electrons. The summed E-state index contributed by atoms with van der Waals surface area (Å²) < 4.78 is 5.06. The van der Waals surface area contributed by atoms with Gasteiger partial charge in [0.15, 0.2) is 0 Å². The number of carbonyl (C=O) groups excluding carboxylic acids is 1. The van der Waals surface area contributed by atoms with E-state index >= 15 is 0 Å². The lowest BCUT2D eigenvalue weighted by molar-refractivity contribution is 0.0549. The van der Waals surface area contributed by atoms with Gasteiger partial charge in [-0.05, 0) is 27.7 Å². The number of rotatable bonds is 2. The lowest BCUT2D eigenvalue weighted by Gasteiger charge is -2.20. The molecule has 15 heavy (non-hydrogen) atoms. The lowest BCUT2D eigenvalue weighted by atomic mass is 10.2. The Bertz CT molecular complexity index is 284. The maximum Gasteiger partial charge on any atom is 0.412 e. The molecule has 0 aromatic carbocycles. The first kappa shape index (κ1) is 13.5. The number of carbonyl (C=O) groups is 1. The van der Waals surface area contributed by atoms with Crippen molar-refractivity contribution in [3.8, 4) is 0 Å². The molecule has 0 aliphatic carbocycles. The Hall–Kier alpha value is -1.52. The van der Waals surface area contributed by atoms with Crippen LogP contribution in [0.3, 0.4) is 0 Å². The molecule has 0 radical (unpaired) electrons. The van der Waals surface area contributed by atoms with E-state index in [0.717, 1.165) is 0 Å². The van der Waals surface area contributed by atoms with Gasteiger partial charge in [-0.25, -0.2) is 4.79 Å². The van der Waals surface area contributed by atoms with Gasteiger partial charge < -0.3 is 10.5 Å². The summed E-state index contributed by atoms with van der Waals surface area (Å²) >= 11 is 0. The Labute approximate surface area is 90.4 Å². The van der Waals surface area contributed by atoms with Gasteiger partial charge in [-0.15, -0.1) is 0 Å². The monoisotopic (exact) mass is 213 g/mol. The third-order valence-corrected chi connectivity index (χ3v) is 1.32. The second-order valence-corrected chi connectivity index (χ2v) is 4.11. The van der Waals surface area contributed by atoms with E-state index in [9.17, 15) is 4.79 Å². The van der Waals surface area contributed by atoms with E-state index in [-0.39, 0.29) is 0 Å². The minimum Gasteiger partial charge on any atom is -0.444 e. The molecule has 0 saturated carbocycles. The van der Waals surface area contributed by atoms with Gasteiger partial charge in [0.1, 0.15) is 5.60 Å². The molecule has 0 aliphatic rings. The Morgan fingerprint density at radius 1 is 1.47 bits per heavy atom. The topological polar surface area (TPSA) is 76.7 Å². The van der Waals surface area contributed by atoms with Crippen LogP contribution in [0.4, 0.5) is 4.79 Å². The maximum absolute atomic E-state index is 11.4. The standard InChI is InChI=1S/C10H19N3O2/c1-7(11)8(6-12-5)13-9(14)15-10(2,3)4/h6H,11H2,1-5H3,(H,13,14). The van der Waals surface area contributed by atoms with Crippen LogP contribution in [0.1, 0.15) is 27.7 Å². The molecular formula is C10H19N3O2. The predicted octanol–water partition coefficient (Wildman–Crippen LogP) is 1.40. The van der Waals surface area contributed by atoms with E-state index in [1.807, 2.05) is 0 Å². The van der Waals surface area contributed by atoms with Gasteiger partial charge in [0.05, 0.1) is 5.70 Å². The number of nitrogens with two attached hydrogens (primary N) is 1. The fraction of sp³-hybridized carbons (Fsp3) is 0.600. The summed E-state index contributed by atoms with van der Waals surface area (Å²) in [5, 5.41) is 2.52. The van der Waals surface area contributed by atoms with E-state index in [4.69, 9.17) is 10.5 Å². The molecule has 0 aliphatic heterocycles. The van der Waals surface area contributed by atoms with Crippen molar-refractivity contribution in [2.75, 3.05) is 7.05 Å². The van der Waals surface area contributed by atoms with Gasteiger partial charge in [-0.3, -0.25) is 10.3 Å². The Morgan fingerprint density at radius 3 is 2.33 bits per heavy atom. The molecule has 0 aromatic heterocycles. The third-order valence-electron chi connectivity index (χ3n) is 1.32. The summed E-state index contributed by atoms with van der Waals surface area (Å²) in [6, 6.07) is 0. The molecule has 0 heterocycles. The van der Waals surface area contributed by atoms with Crippen molar-refractivity contribution < 1.29 is 9.53 Å². The van der Waals surface area contributed by atoms with Gasteiger partial charge in [-0.2, -0.15) is 0 Å². The van der Waals surface area contributed by atoms with Crippen molar-refractivity contribution in [3.63, 3.8) is 0 Å². The molecular weight excluding hydrogens is 194 g/mol. The van der Waals surface area contributed by atoms with Crippen molar-refractivity contribution in [3.05, 3.63) is 11.4 Å². The maximum atomic E-state index is 11.4. The average molecular weight is 213 g/mol. The SMILES string of the molecule is CN=CC(NC(=O)OC(C)(C)C)=C(C)N. The fourth-order valence-corrected chi connectivity index (χ4v) is 0.775. The van der Waals surface area contributed by atoms with E-state index in [0.29, 0.717) is 11.4 Å². The second kappa shape index (κ2) is 5.38. The molecule has 0 aromatic rings. The summed E-state index contributed by atoms with van der Waals surface area (Å²) in [5.74, 6) is 0. The summed E-state index contributed by atoms with van der Waals surface area (Å²) in [6.07, 6.45) is 0.932. The van der Waals surface area contributed by atoms with Crippen molar-refractivity contribution in [1.29, 1.82) is 0 Å². The number of nitrogens with one attached hydrogen (secondary N) is 1. The van der Waals surface area contributed by atoms with Crippen LogP contribution in [0.25, 0.3) is 0 Å². The van der Waals surface area contributed by atoms with E-state index in [1.165, 1.54) is 6.21 Å². The highest BCUT2D eigenvalue weighted by Gasteiger charge is 2.16. The smallest absolute Gasteiger partial charge is 0.412 e. The normalized spacial score (nSPS) is 13.7. The van der Waals surface area contributed by atoms with Crippen molar-refractivity contribution in [2.24, 2.45) is 10.7 Å². The lowest BCUT2D eigenvalue weighted by Crippen LogP contribution is -2.33. The summed E-state index contributed by atoms with van der Waals surface area (Å²) in [5.41, 5.74) is 5.96. The zero-order valence-electron chi connectivity index (χ0n) is 9.92. The number of nitrogens with zero attached hydrogens (tertiary/aromatic N) is 1. The second-order valence-electron chi connectivity index (χ2n) is 4.11. The van der Waals surface area contributed by atoms with Crippen LogP contribution in [0.2, 0.25) is 0 Å².